The smallest absolute Gasteiger partial charge is 0.217 e. The third-order valence-electron chi connectivity index (χ3n) is 3.40. The molecule has 1 aromatic rings. The zero-order valence-corrected chi connectivity index (χ0v) is 13.9. The average Bonchev–Trinajstić information content (AvgIpc) is 2.46. The van der Waals surface area contributed by atoms with E-state index < -0.39 is 0 Å². The van der Waals surface area contributed by atoms with Gasteiger partial charge in [0.05, 0.1) is 6.61 Å². The molecule has 0 aliphatic rings. The Morgan fingerprint density at radius 3 is 2.52 bits per heavy atom. The van der Waals surface area contributed by atoms with E-state index in [-0.39, 0.29) is 0 Å². The lowest BCUT2D eigenvalue weighted by atomic mass is 10.2. The van der Waals surface area contributed by atoms with Crippen molar-refractivity contribution >= 4 is 11.5 Å². The molecule has 1 heterocycles. The van der Waals surface area contributed by atoms with Crippen molar-refractivity contribution in [2.45, 2.75) is 47.0 Å². The number of hydrogen-bond donors (Lipinski definition) is 1. The number of nitrogens with two attached hydrogens (primary N) is 1. The summed E-state index contributed by atoms with van der Waals surface area (Å²) in [5, 5.41) is 0. The molecule has 118 valence electrons. The van der Waals surface area contributed by atoms with Gasteiger partial charge in [0.15, 0.2) is 0 Å². The maximum Gasteiger partial charge on any atom is 0.217 e. The molecular formula is C17H29N3O. The number of aromatic nitrogens is 1. The van der Waals surface area contributed by atoms with Gasteiger partial charge in [-0.25, -0.2) is 0 Å². The lowest BCUT2D eigenvalue weighted by molar-refractivity contribution is 0.309. The molecule has 0 fully saturated rings. The Morgan fingerprint density at radius 1 is 1.29 bits per heavy atom. The van der Waals surface area contributed by atoms with Crippen LogP contribution in [0.2, 0.25) is 0 Å². The van der Waals surface area contributed by atoms with E-state index in [2.05, 4.69) is 36.7 Å². The lowest BCUT2D eigenvalue weighted by Crippen LogP contribution is -2.25. The summed E-state index contributed by atoms with van der Waals surface area (Å²) in [6.45, 7) is 11.2. The zero-order chi connectivity index (χ0) is 15.7. The minimum atomic E-state index is 0.516. The summed E-state index contributed by atoms with van der Waals surface area (Å²) in [6.07, 6.45) is 5.24. The van der Waals surface area contributed by atoms with E-state index in [0.717, 1.165) is 38.0 Å². The fourth-order valence-electron chi connectivity index (χ4n) is 2.14. The number of allylic oxidation sites excluding steroid dienone is 1. The molecule has 0 aromatic carbocycles. The normalized spacial score (nSPS) is 11.5. The van der Waals surface area contributed by atoms with E-state index in [1.807, 2.05) is 19.1 Å². The molecule has 21 heavy (non-hydrogen) atoms. The predicted octanol–water partition coefficient (Wildman–Crippen LogP) is 4.03. The highest BCUT2D eigenvalue weighted by atomic mass is 16.5. The SMILES string of the molecule is C/C=C(\C)CCOc1cc(N(CCC)CCC)cc(N)n1. The molecule has 0 unspecified atom stereocenters. The quantitative estimate of drug-likeness (QED) is 0.698. The van der Waals surface area contributed by atoms with Gasteiger partial charge < -0.3 is 15.4 Å². The molecule has 0 bridgehead atoms. The molecule has 0 aliphatic heterocycles. The van der Waals surface area contributed by atoms with Crippen molar-refractivity contribution < 1.29 is 4.74 Å². The highest BCUT2D eigenvalue weighted by Gasteiger charge is 2.08. The number of nitrogen functional groups attached to an aromatic ring is 1. The van der Waals surface area contributed by atoms with Gasteiger partial charge >= 0.3 is 0 Å². The number of ether oxygens (including phenoxy) is 1. The molecule has 0 aliphatic carbocycles. The number of rotatable bonds is 9. The summed E-state index contributed by atoms with van der Waals surface area (Å²) >= 11 is 0. The van der Waals surface area contributed by atoms with Crippen LogP contribution in [0.5, 0.6) is 5.88 Å². The van der Waals surface area contributed by atoms with Gasteiger partial charge in [-0.15, -0.1) is 0 Å². The number of nitrogens with zero attached hydrogens (tertiary/aromatic N) is 2. The first-order chi connectivity index (χ1) is 10.1. The molecule has 1 aromatic heterocycles. The maximum atomic E-state index is 5.92. The molecule has 0 amide bonds. The minimum Gasteiger partial charge on any atom is -0.477 e. The van der Waals surface area contributed by atoms with E-state index in [1.165, 1.54) is 5.57 Å². The van der Waals surface area contributed by atoms with Crippen LogP contribution in [0.1, 0.15) is 47.0 Å². The molecule has 2 N–H and O–H groups in total. The van der Waals surface area contributed by atoms with E-state index in [1.54, 1.807) is 0 Å². The Morgan fingerprint density at radius 2 is 1.95 bits per heavy atom. The third-order valence-corrected chi connectivity index (χ3v) is 3.40. The van der Waals surface area contributed by atoms with E-state index in [9.17, 15) is 0 Å². The van der Waals surface area contributed by atoms with Gasteiger partial charge in [0.25, 0.3) is 0 Å². The van der Waals surface area contributed by atoms with Gasteiger partial charge in [0.2, 0.25) is 5.88 Å². The van der Waals surface area contributed by atoms with Crippen LogP contribution in [-0.4, -0.2) is 24.7 Å². The standard InChI is InChI=1S/C17H29N3O/c1-5-9-20(10-6-2)15-12-16(18)19-17(13-15)21-11-8-14(4)7-3/h7,12-13H,5-6,8-11H2,1-4H3,(H2,18,19)/b14-7+. The van der Waals surface area contributed by atoms with Crippen molar-refractivity contribution in [1.29, 1.82) is 0 Å². The van der Waals surface area contributed by atoms with Crippen LogP contribution >= 0.6 is 0 Å². The Kier molecular flexibility index (Phi) is 7.65. The van der Waals surface area contributed by atoms with Gasteiger partial charge in [-0.1, -0.05) is 25.5 Å². The van der Waals surface area contributed by atoms with Crippen LogP contribution in [0.3, 0.4) is 0 Å². The molecular weight excluding hydrogens is 262 g/mol. The number of hydrogen-bond acceptors (Lipinski definition) is 4. The van der Waals surface area contributed by atoms with E-state index >= 15 is 0 Å². The van der Waals surface area contributed by atoms with Crippen molar-refractivity contribution in [1.82, 2.24) is 4.98 Å². The Bertz CT molecular complexity index is 451. The monoisotopic (exact) mass is 291 g/mol. The topological polar surface area (TPSA) is 51.4 Å². The van der Waals surface area contributed by atoms with Crippen LogP contribution in [0.15, 0.2) is 23.8 Å². The predicted molar refractivity (Wildman–Crippen MR) is 91.0 cm³/mol. The molecule has 0 atom stereocenters. The van der Waals surface area contributed by atoms with Gasteiger partial charge in [0, 0.05) is 37.3 Å². The van der Waals surface area contributed by atoms with Gasteiger partial charge in [0.1, 0.15) is 5.82 Å². The summed E-state index contributed by atoms with van der Waals surface area (Å²) < 4.78 is 5.75. The van der Waals surface area contributed by atoms with Crippen molar-refractivity contribution in [3.05, 3.63) is 23.8 Å². The molecule has 0 saturated carbocycles. The first-order valence-electron chi connectivity index (χ1n) is 7.87. The zero-order valence-electron chi connectivity index (χ0n) is 13.9. The third kappa shape index (κ3) is 6.06. The second-order valence-corrected chi connectivity index (χ2v) is 5.31. The Balaban J connectivity index is 2.77. The number of pyridine rings is 1. The van der Waals surface area contributed by atoms with Gasteiger partial charge in [-0.05, 0) is 26.7 Å². The molecule has 0 radical (unpaired) electrons. The maximum absolute atomic E-state index is 5.92. The van der Waals surface area contributed by atoms with Crippen molar-refractivity contribution in [2.75, 3.05) is 30.3 Å². The fourth-order valence-corrected chi connectivity index (χ4v) is 2.14. The second-order valence-electron chi connectivity index (χ2n) is 5.31. The summed E-state index contributed by atoms with van der Waals surface area (Å²) in [6, 6.07) is 3.92. The average molecular weight is 291 g/mol. The lowest BCUT2D eigenvalue weighted by Gasteiger charge is -2.24. The van der Waals surface area contributed by atoms with Crippen molar-refractivity contribution in [3.63, 3.8) is 0 Å². The van der Waals surface area contributed by atoms with E-state index in [4.69, 9.17) is 10.5 Å². The fraction of sp³-hybridized carbons (Fsp3) is 0.588. The van der Waals surface area contributed by atoms with Crippen LogP contribution in [-0.2, 0) is 0 Å². The summed E-state index contributed by atoms with van der Waals surface area (Å²) in [4.78, 5) is 6.60. The van der Waals surface area contributed by atoms with E-state index in [0.29, 0.717) is 18.3 Å². The molecule has 1 rings (SSSR count). The largest absolute Gasteiger partial charge is 0.477 e. The first-order valence-corrected chi connectivity index (χ1v) is 7.87. The van der Waals surface area contributed by atoms with Crippen molar-refractivity contribution in [3.8, 4) is 5.88 Å². The minimum absolute atomic E-state index is 0.516. The Labute approximate surface area is 129 Å². The van der Waals surface area contributed by atoms with Gasteiger partial charge in [-0.3, -0.25) is 0 Å². The molecule has 0 spiro atoms. The van der Waals surface area contributed by atoms with Crippen molar-refractivity contribution in [2.24, 2.45) is 0 Å². The second kappa shape index (κ2) is 9.27. The van der Waals surface area contributed by atoms with Crippen LogP contribution in [0.4, 0.5) is 11.5 Å². The van der Waals surface area contributed by atoms with Crippen LogP contribution in [0, 0.1) is 0 Å². The molecule has 4 nitrogen and oxygen atoms in total. The number of anilines is 2. The van der Waals surface area contributed by atoms with Crippen LogP contribution in [0.25, 0.3) is 0 Å². The highest BCUT2D eigenvalue weighted by molar-refractivity contribution is 5.55. The van der Waals surface area contributed by atoms with Gasteiger partial charge in [-0.2, -0.15) is 4.98 Å². The first kappa shape index (κ1) is 17.3. The van der Waals surface area contributed by atoms with Crippen LogP contribution < -0.4 is 15.4 Å². The highest BCUT2D eigenvalue weighted by Crippen LogP contribution is 2.23. The molecule has 0 saturated heterocycles. The summed E-state index contributed by atoms with van der Waals surface area (Å²) in [7, 11) is 0. The Hall–Kier alpha value is -1.71. The summed E-state index contributed by atoms with van der Waals surface area (Å²) in [5.41, 5.74) is 8.34. The molecule has 4 heteroatoms. The summed E-state index contributed by atoms with van der Waals surface area (Å²) in [5.74, 6) is 1.13.